The Morgan fingerprint density at radius 1 is 1.14 bits per heavy atom. The molecule has 5 nitrogen and oxygen atoms in total. The maximum atomic E-state index is 12.8. The van der Waals surface area contributed by atoms with Crippen molar-refractivity contribution in [2.45, 2.75) is 40.5 Å². The molecule has 0 radical (unpaired) electrons. The lowest BCUT2D eigenvalue weighted by atomic mass is 10.1. The van der Waals surface area contributed by atoms with Gasteiger partial charge in [0.05, 0.1) is 12.2 Å². The summed E-state index contributed by atoms with van der Waals surface area (Å²) in [5.41, 5.74) is 4.77. The van der Waals surface area contributed by atoms with E-state index in [0.29, 0.717) is 18.7 Å². The molecule has 3 aromatic rings. The normalized spacial score (nSPS) is 10.7. The van der Waals surface area contributed by atoms with Crippen LogP contribution in [0.5, 0.6) is 5.75 Å². The van der Waals surface area contributed by atoms with E-state index >= 15 is 0 Å². The van der Waals surface area contributed by atoms with Crippen molar-refractivity contribution in [3.63, 3.8) is 0 Å². The molecule has 0 bridgehead atoms. The topological polar surface area (TPSA) is 47.4 Å². The summed E-state index contributed by atoms with van der Waals surface area (Å²) < 4.78 is 7.83. The van der Waals surface area contributed by atoms with Gasteiger partial charge in [-0.3, -0.25) is 9.48 Å². The van der Waals surface area contributed by atoms with Crippen LogP contribution >= 0.6 is 0 Å². The van der Waals surface area contributed by atoms with Crippen LogP contribution in [-0.4, -0.2) is 27.6 Å². The van der Waals surface area contributed by atoms with Gasteiger partial charge in [-0.1, -0.05) is 24.3 Å². The van der Waals surface area contributed by atoms with Crippen LogP contribution in [0.2, 0.25) is 0 Å². The molecule has 0 unspecified atom stereocenters. The van der Waals surface area contributed by atoms with Gasteiger partial charge in [0, 0.05) is 25.4 Å². The second-order valence-electron chi connectivity index (χ2n) is 7.08. The minimum absolute atomic E-state index is 0.0281. The lowest BCUT2D eigenvalue weighted by Crippen LogP contribution is -2.26. The molecule has 1 heterocycles. The third-order valence-electron chi connectivity index (χ3n) is 4.68. The molecule has 1 aromatic heterocycles. The van der Waals surface area contributed by atoms with Gasteiger partial charge in [-0.15, -0.1) is 0 Å². The Morgan fingerprint density at radius 3 is 2.71 bits per heavy atom. The molecule has 1 amide bonds. The fourth-order valence-corrected chi connectivity index (χ4v) is 3.02. The number of aromatic nitrogens is 2. The summed E-state index contributed by atoms with van der Waals surface area (Å²) in [5, 5.41) is 4.44. The van der Waals surface area contributed by atoms with Crippen LogP contribution < -0.4 is 4.74 Å². The number of carbonyl (C=O) groups is 1. The molecule has 146 valence electrons. The number of aryl methyl sites for hydroxylation is 3. The highest BCUT2D eigenvalue weighted by molar-refractivity contribution is 5.94. The molecule has 0 atom stereocenters. The number of amides is 1. The Labute approximate surface area is 166 Å². The van der Waals surface area contributed by atoms with Crippen LogP contribution in [0, 0.1) is 13.8 Å². The zero-order valence-corrected chi connectivity index (χ0v) is 17.0. The maximum absolute atomic E-state index is 12.8. The van der Waals surface area contributed by atoms with Gasteiger partial charge in [-0.2, -0.15) is 5.10 Å². The van der Waals surface area contributed by atoms with E-state index < -0.39 is 0 Å². The van der Waals surface area contributed by atoms with Crippen LogP contribution in [0.25, 0.3) is 0 Å². The second-order valence-corrected chi connectivity index (χ2v) is 7.08. The average Bonchev–Trinajstić information content (AvgIpc) is 3.15. The molecule has 0 aliphatic heterocycles. The standard InChI is InChI=1S/C23H27N3O2/c1-5-26-12-11-21(24-26)15-25(4)23(27)20-8-6-7-19(14-20)16-28-22-13-17(2)9-10-18(22)3/h6-14H,5,15-16H2,1-4H3. The number of hydrogen-bond donors (Lipinski definition) is 0. The first-order valence-corrected chi connectivity index (χ1v) is 9.53. The smallest absolute Gasteiger partial charge is 0.253 e. The first kappa shape index (κ1) is 19.7. The Bertz CT molecular complexity index is 962. The van der Waals surface area contributed by atoms with Gasteiger partial charge in [-0.25, -0.2) is 0 Å². The molecule has 0 spiro atoms. The molecule has 0 saturated heterocycles. The second kappa shape index (κ2) is 8.74. The number of rotatable bonds is 7. The highest BCUT2D eigenvalue weighted by Gasteiger charge is 2.14. The SMILES string of the molecule is CCn1ccc(CN(C)C(=O)c2cccc(COc3cc(C)ccc3C)c2)n1. The van der Waals surface area contributed by atoms with Crippen LogP contribution in [0.1, 0.15) is 39.7 Å². The predicted molar refractivity (Wildman–Crippen MR) is 110 cm³/mol. The summed E-state index contributed by atoms with van der Waals surface area (Å²) in [6, 6.07) is 15.7. The van der Waals surface area contributed by atoms with Crippen molar-refractivity contribution >= 4 is 5.91 Å². The minimum atomic E-state index is -0.0281. The van der Waals surface area contributed by atoms with Crippen molar-refractivity contribution in [1.29, 1.82) is 0 Å². The monoisotopic (exact) mass is 377 g/mol. The highest BCUT2D eigenvalue weighted by atomic mass is 16.5. The van der Waals surface area contributed by atoms with E-state index in [-0.39, 0.29) is 5.91 Å². The van der Waals surface area contributed by atoms with Gasteiger partial charge in [0.1, 0.15) is 12.4 Å². The molecule has 5 heteroatoms. The Morgan fingerprint density at radius 2 is 1.96 bits per heavy atom. The zero-order chi connectivity index (χ0) is 20.1. The molecular formula is C23H27N3O2. The number of ether oxygens (including phenoxy) is 1. The van der Waals surface area contributed by atoms with Gasteiger partial charge in [0.2, 0.25) is 0 Å². The molecule has 0 N–H and O–H groups in total. The van der Waals surface area contributed by atoms with E-state index in [1.165, 1.54) is 0 Å². The number of hydrogen-bond acceptors (Lipinski definition) is 3. The molecule has 0 aliphatic carbocycles. The summed E-state index contributed by atoms with van der Waals surface area (Å²) in [7, 11) is 1.80. The van der Waals surface area contributed by atoms with Crippen molar-refractivity contribution < 1.29 is 9.53 Å². The van der Waals surface area contributed by atoms with Crippen LogP contribution in [-0.2, 0) is 19.7 Å². The molecule has 0 fully saturated rings. The van der Waals surface area contributed by atoms with Gasteiger partial charge in [0.25, 0.3) is 5.91 Å². The van der Waals surface area contributed by atoms with E-state index in [2.05, 4.69) is 17.2 Å². The maximum Gasteiger partial charge on any atom is 0.253 e. The third kappa shape index (κ3) is 4.80. The number of carbonyl (C=O) groups excluding carboxylic acids is 1. The fourth-order valence-electron chi connectivity index (χ4n) is 3.02. The average molecular weight is 377 g/mol. The van der Waals surface area contributed by atoms with E-state index in [1.807, 2.05) is 68.0 Å². The first-order valence-electron chi connectivity index (χ1n) is 9.53. The molecule has 2 aromatic carbocycles. The summed E-state index contributed by atoms with van der Waals surface area (Å²) in [6.45, 7) is 7.84. The number of nitrogens with zero attached hydrogens (tertiary/aromatic N) is 3. The van der Waals surface area contributed by atoms with Crippen molar-refractivity contribution in [1.82, 2.24) is 14.7 Å². The Hall–Kier alpha value is -3.08. The molecule has 28 heavy (non-hydrogen) atoms. The lowest BCUT2D eigenvalue weighted by Gasteiger charge is -2.17. The summed E-state index contributed by atoms with van der Waals surface area (Å²) >= 11 is 0. The van der Waals surface area contributed by atoms with E-state index in [9.17, 15) is 4.79 Å². The van der Waals surface area contributed by atoms with Gasteiger partial charge >= 0.3 is 0 Å². The predicted octanol–water partition coefficient (Wildman–Crippen LogP) is 4.37. The van der Waals surface area contributed by atoms with Crippen LogP contribution in [0.15, 0.2) is 54.7 Å². The summed E-state index contributed by atoms with van der Waals surface area (Å²) in [4.78, 5) is 14.5. The molecular weight excluding hydrogens is 350 g/mol. The zero-order valence-electron chi connectivity index (χ0n) is 17.0. The van der Waals surface area contributed by atoms with Gasteiger partial charge in [-0.05, 0) is 61.7 Å². The highest BCUT2D eigenvalue weighted by Crippen LogP contribution is 2.21. The quantitative estimate of drug-likeness (QED) is 0.614. The van der Waals surface area contributed by atoms with Crippen molar-refractivity contribution in [3.8, 4) is 5.75 Å². The Kier molecular flexibility index (Phi) is 6.14. The van der Waals surface area contributed by atoms with Crippen molar-refractivity contribution in [2.75, 3.05) is 7.05 Å². The largest absolute Gasteiger partial charge is 0.489 e. The summed E-state index contributed by atoms with van der Waals surface area (Å²) in [6.07, 6.45) is 1.93. The molecule has 0 saturated carbocycles. The van der Waals surface area contributed by atoms with Crippen LogP contribution in [0.3, 0.4) is 0 Å². The van der Waals surface area contributed by atoms with E-state index in [4.69, 9.17) is 4.74 Å². The first-order chi connectivity index (χ1) is 13.5. The van der Waals surface area contributed by atoms with Gasteiger partial charge in [0.15, 0.2) is 0 Å². The van der Waals surface area contributed by atoms with Crippen molar-refractivity contribution in [3.05, 3.63) is 82.7 Å². The third-order valence-corrected chi connectivity index (χ3v) is 4.68. The fraction of sp³-hybridized carbons (Fsp3) is 0.304. The van der Waals surface area contributed by atoms with E-state index in [1.54, 1.807) is 11.9 Å². The molecule has 0 aliphatic rings. The number of benzene rings is 2. The minimum Gasteiger partial charge on any atom is -0.489 e. The van der Waals surface area contributed by atoms with E-state index in [0.717, 1.165) is 34.7 Å². The molecule has 3 rings (SSSR count). The lowest BCUT2D eigenvalue weighted by molar-refractivity contribution is 0.0783. The Balaban J connectivity index is 1.66. The van der Waals surface area contributed by atoms with Crippen molar-refractivity contribution in [2.24, 2.45) is 0 Å². The van der Waals surface area contributed by atoms with Crippen LogP contribution in [0.4, 0.5) is 0 Å². The summed E-state index contributed by atoms with van der Waals surface area (Å²) in [5.74, 6) is 0.847. The van der Waals surface area contributed by atoms with Gasteiger partial charge < -0.3 is 9.64 Å².